The minimum atomic E-state index is -0.239. The van der Waals surface area contributed by atoms with Gasteiger partial charge in [-0.3, -0.25) is 0 Å². The number of aryl methyl sites for hydroxylation is 1. The summed E-state index contributed by atoms with van der Waals surface area (Å²) in [7, 11) is 0. The van der Waals surface area contributed by atoms with Gasteiger partial charge in [0.15, 0.2) is 0 Å². The third kappa shape index (κ3) is 3.46. The highest BCUT2D eigenvalue weighted by molar-refractivity contribution is 9.09. The predicted octanol–water partition coefficient (Wildman–Crippen LogP) is 5.66. The summed E-state index contributed by atoms with van der Waals surface area (Å²) in [6, 6.07) is 3.23. The molecule has 0 aliphatic carbocycles. The molecule has 0 radical (unpaired) electrons. The molecular weight excluding hydrogens is 290 g/mol. The Balaban J connectivity index is 2.91. The molecule has 0 bridgehead atoms. The van der Waals surface area contributed by atoms with Crippen molar-refractivity contribution in [3.05, 3.63) is 34.1 Å². The lowest BCUT2D eigenvalue weighted by Crippen LogP contribution is -2.00. The Morgan fingerprint density at radius 1 is 1.44 bits per heavy atom. The SMILES string of the molecule is CCC(C)CC(Br)c1cc(C)c(F)cc1Cl. The summed E-state index contributed by atoms with van der Waals surface area (Å²) in [5, 5.41) is 0.508. The molecule has 0 spiro atoms. The molecule has 0 saturated carbocycles. The van der Waals surface area contributed by atoms with E-state index in [4.69, 9.17) is 11.6 Å². The molecule has 0 saturated heterocycles. The second-order valence-corrected chi connectivity index (χ2v) is 5.85. The van der Waals surface area contributed by atoms with Crippen molar-refractivity contribution in [2.75, 3.05) is 0 Å². The fourth-order valence-electron chi connectivity index (χ4n) is 1.57. The number of halogens is 3. The average molecular weight is 308 g/mol. The quantitative estimate of drug-likeness (QED) is 0.630. The third-order valence-corrected chi connectivity index (χ3v) is 4.12. The van der Waals surface area contributed by atoms with E-state index in [-0.39, 0.29) is 10.6 Å². The molecule has 16 heavy (non-hydrogen) atoms. The first kappa shape index (κ1) is 14.0. The topological polar surface area (TPSA) is 0 Å². The molecule has 1 aromatic carbocycles. The van der Waals surface area contributed by atoms with Gasteiger partial charge in [0.25, 0.3) is 0 Å². The summed E-state index contributed by atoms with van der Waals surface area (Å²) in [5.41, 5.74) is 1.63. The second-order valence-electron chi connectivity index (χ2n) is 4.34. The van der Waals surface area contributed by atoms with Gasteiger partial charge in [-0.05, 0) is 36.5 Å². The van der Waals surface area contributed by atoms with Crippen molar-refractivity contribution in [3.63, 3.8) is 0 Å². The van der Waals surface area contributed by atoms with Gasteiger partial charge in [-0.1, -0.05) is 53.9 Å². The lowest BCUT2D eigenvalue weighted by molar-refractivity contribution is 0.514. The lowest BCUT2D eigenvalue weighted by atomic mass is 9.98. The van der Waals surface area contributed by atoms with E-state index in [1.54, 1.807) is 6.92 Å². The Morgan fingerprint density at radius 2 is 2.06 bits per heavy atom. The van der Waals surface area contributed by atoms with E-state index in [9.17, 15) is 4.39 Å². The van der Waals surface area contributed by atoms with Crippen LogP contribution in [0.2, 0.25) is 5.02 Å². The van der Waals surface area contributed by atoms with E-state index in [1.165, 1.54) is 6.07 Å². The van der Waals surface area contributed by atoms with E-state index >= 15 is 0 Å². The Bertz CT molecular complexity index is 365. The number of alkyl halides is 1. The molecule has 0 heterocycles. The van der Waals surface area contributed by atoms with Crippen molar-refractivity contribution < 1.29 is 4.39 Å². The smallest absolute Gasteiger partial charge is 0.127 e. The van der Waals surface area contributed by atoms with E-state index in [1.807, 2.05) is 6.07 Å². The van der Waals surface area contributed by atoms with Gasteiger partial charge in [0, 0.05) is 9.85 Å². The first-order valence-electron chi connectivity index (χ1n) is 5.55. The maximum Gasteiger partial charge on any atom is 0.127 e. The number of benzene rings is 1. The predicted molar refractivity (Wildman–Crippen MR) is 71.9 cm³/mol. The van der Waals surface area contributed by atoms with Gasteiger partial charge in [0.1, 0.15) is 5.82 Å². The minimum absolute atomic E-state index is 0.203. The van der Waals surface area contributed by atoms with Crippen LogP contribution in [0.1, 0.15) is 42.6 Å². The fraction of sp³-hybridized carbons (Fsp3) is 0.538. The molecule has 2 atom stereocenters. The fourth-order valence-corrected chi connectivity index (χ4v) is 3.00. The molecule has 1 aromatic rings. The highest BCUT2D eigenvalue weighted by Crippen LogP contribution is 2.36. The van der Waals surface area contributed by atoms with Crippen LogP contribution in [0.25, 0.3) is 0 Å². The van der Waals surface area contributed by atoms with Crippen LogP contribution in [0.3, 0.4) is 0 Å². The van der Waals surface area contributed by atoms with E-state index in [0.29, 0.717) is 16.5 Å². The maximum absolute atomic E-state index is 13.3. The first-order valence-corrected chi connectivity index (χ1v) is 6.84. The Morgan fingerprint density at radius 3 is 2.62 bits per heavy atom. The van der Waals surface area contributed by atoms with Crippen LogP contribution in [-0.4, -0.2) is 0 Å². The maximum atomic E-state index is 13.3. The van der Waals surface area contributed by atoms with Gasteiger partial charge in [0.2, 0.25) is 0 Å². The first-order chi connectivity index (χ1) is 7.45. The van der Waals surface area contributed by atoms with Crippen molar-refractivity contribution >= 4 is 27.5 Å². The van der Waals surface area contributed by atoms with E-state index < -0.39 is 0 Å². The summed E-state index contributed by atoms with van der Waals surface area (Å²) in [6.45, 7) is 6.14. The number of hydrogen-bond acceptors (Lipinski definition) is 0. The van der Waals surface area contributed by atoms with Crippen molar-refractivity contribution in [3.8, 4) is 0 Å². The highest BCUT2D eigenvalue weighted by atomic mass is 79.9. The summed E-state index contributed by atoms with van der Waals surface area (Å²) >= 11 is 9.68. The van der Waals surface area contributed by atoms with Crippen LogP contribution in [0.4, 0.5) is 4.39 Å². The van der Waals surface area contributed by atoms with Crippen LogP contribution >= 0.6 is 27.5 Å². The molecule has 0 aliphatic heterocycles. The normalized spacial score (nSPS) is 14.9. The van der Waals surface area contributed by atoms with Gasteiger partial charge >= 0.3 is 0 Å². The van der Waals surface area contributed by atoms with Crippen molar-refractivity contribution in [1.82, 2.24) is 0 Å². The van der Waals surface area contributed by atoms with Crippen molar-refractivity contribution in [2.24, 2.45) is 5.92 Å². The molecule has 0 N–H and O–H groups in total. The molecule has 3 heteroatoms. The largest absolute Gasteiger partial charge is 0.207 e. The zero-order chi connectivity index (χ0) is 12.3. The third-order valence-electron chi connectivity index (χ3n) is 2.92. The van der Waals surface area contributed by atoms with Gasteiger partial charge in [-0.25, -0.2) is 4.39 Å². The molecular formula is C13H17BrClF. The zero-order valence-electron chi connectivity index (χ0n) is 9.86. The molecule has 0 nitrogen and oxygen atoms in total. The Kier molecular flexibility index (Phi) is 5.26. The summed E-state index contributed by atoms with van der Waals surface area (Å²) < 4.78 is 13.3. The summed E-state index contributed by atoms with van der Waals surface area (Å²) in [6.07, 6.45) is 2.15. The molecule has 90 valence electrons. The van der Waals surface area contributed by atoms with Gasteiger partial charge < -0.3 is 0 Å². The highest BCUT2D eigenvalue weighted by Gasteiger charge is 2.16. The Hall–Kier alpha value is -0.0800. The molecule has 1 rings (SSSR count). The molecule has 0 amide bonds. The Labute approximate surface area is 110 Å². The molecule has 0 aliphatic rings. The second kappa shape index (κ2) is 6.02. The van der Waals surface area contributed by atoms with E-state index in [2.05, 4.69) is 29.8 Å². The van der Waals surface area contributed by atoms with Crippen molar-refractivity contribution in [1.29, 1.82) is 0 Å². The minimum Gasteiger partial charge on any atom is -0.207 e. The zero-order valence-corrected chi connectivity index (χ0v) is 12.2. The van der Waals surface area contributed by atoms with Gasteiger partial charge in [0.05, 0.1) is 0 Å². The van der Waals surface area contributed by atoms with Crippen molar-refractivity contribution in [2.45, 2.75) is 38.4 Å². The van der Waals surface area contributed by atoms with Crippen LogP contribution in [-0.2, 0) is 0 Å². The number of hydrogen-bond donors (Lipinski definition) is 0. The molecule has 0 fully saturated rings. The summed E-state index contributed by atoms with van der Waals surface area (Å²) in [4.78, 5) is 0.203. The summed E-state index contributed by atoms with van der Waals surface area (Å²) in [5.74, 6) is 0.391. The van der Waals surface area contributed by atoms with Crippen LogP contribution in [0, 0.1) is 18.7 Å². The number of rotatable bonds is 4. The van der Waals surface area contributed by atoms with Crippen LogP contribution in [0.5, 0.6) is 0 Å². The van der Waals surface area contributed by atoms with Crippen LogP contribution in [0.15, 0.2) is 12.1 Å². The van der Waals surface area contributed by atoms with E-state index in [0.717, 1.165) is 18.4 Å². The lowest BCUT2D eigenvalue weighted by Gasteiger charge is -2.16. The molecule has 0 aromatic heterocycles. The average Bonchev–Trinajstić information content (AvgIpc) is 2.23. The monoisotopic (exact) mass is 306 g/mol. The van der Waals surface area contributed by atoms with Gasteiger partial charge in [-0.2, -0.15) is 0 Å². The van der Waals surface area contributed by atoms with Gasteiger partial charge in [-0.15, -0.1) is 0 Å². The van der Waals surface area contributed by atoms with Crippen LogP contribution < -0.4 is 0 Å². The molecule has 2 unspecified atom stereocenters. The standard InChI is InChI=1S/C13H17BrClF/c1-4-8(2)5-11(14)10-6-9(3)13(16)7-12(10)15/h6-8,11H,4-5H2,1-3H3.